The first-order valence-electron chi connectivity index (χ1n) is 13.4. The van der Waals surface area contributed by atoms with E-state index in [2.05, 4.69) is 5.32 Å². The summed E-state index contributed by atoms with van der Waals surface area (Å²) in [7, 11) is -4.12. The van der Waals surface area contributed by atoms with E-state index in [1.54, 1.807) is 48.5 Å². The number of nitrogens with zero attached hydrogens (tertiary/aromatic N) is 2. The summed E-state index contributed by atoms with van der Waals surface area (Å²) in [5.74, 6) is -0.572. The van der Waals surface area contributed by atoms with Gasteiger partial charge in [-0.3, -0.25) is 13.9 Å². The maximum absolute atomic E-state index is 14.2. The minimum absolute atomic E-state index is 0.0537. The lowest BCUT2D eigenvalue weighted by molar-refractivity contribution is -0.140. The fraction of sp³-hybridized carbons (Fsp3) is 0.355. The Morgan fingerprint density at radius 3 is 2.20 bits per heavy atom. The highest BCUT2D eigenvalue weighted by Gasteiger charge is 2.34. The molecule has 7 nitrogen and oxygen atoms in total. The van der Waals surface area contributed by atoms with Crippen molar-refractivity contribution in [1.29, 1.82) is 0 Å². The van der Waals surface area contributed by atoms with Gasteiger partial charge in [-0.25, -0.2) is 8.42 Å². The molecule has 3 rings (SSSR count). The third-order valence-corrected chi connectivity index (χ3v) is 8.97. The fourth-order valence-electron chi connectivity index (χ4n) is 4.39. The van der Waals surface area contributed by atoms with Crippen LogP contribution in [0.2, 0.25) is 5.02 Å². The van der Waals surface area contributed by atoms with E-state index in [0.717, 1.165) is 15.4 Å². The van der Waals surface area contributed by atoms with E-state index in [1.165, 1.54) is 17.0 Å². The molecule has 40 heavy (non-hydrogen) atoms. The number of aryl methyl sites for hydroxylation is 1. The number of halogens is 1. The standard InChI is InChI=1S/C31H38ClN3O4S/c1-6-28(31(37)33-19-22(2)3)34(20-25-14-10-11-17-27(25)32)30(36)21-35(29-18-12-13-23(4)24(29)5)40(38,39)26-15-8-7-9-16-26/h7-18,22,28H,6,19-21H2,1-5H3,(H,33,37)/t28-/m1/s1. The number of benzene rings is 3. The molecule has 0 aliphatic heterocycles. The summed E-state index contributed by atoms with van der Waals surface area (Å²) in [4.78, 5) is 29.0. The van der Waals surface area contributed by atoms with Crippen molar-refractivity contribution < 1.29 is 18.0 Å². The van der Waals surface area contributed by atoms with Crippen LogP contribution in [-0.2, 0) is 26.2 Å². The first-order valence-corrected chi connectivity index (χ1v) is 15.2. The maximum Gasteiger partial charge on any atom is 0.264 e. The molecule has 0 aliphatic rings. The molecule has 0 heterocycles. The predicted molar refractivity (Wildman–Crippen MR) is 161 cm³/mol. The third kappa shape index (κ3) is 7.43. The lowest BCUT2D eigenvalue weighted by Gasteiger charge is -2.34. The van der Waals surface area contributed by atoms with Crippen LogP contribution in [-0.4, -0.2) is 44.3 Å². The van der Waals surface area contributed by atoms with Crippen molar-refractivity contribution in [2.75, 3.05) is 17.4 Å². The zero-order valence-electron chi connectivity index (χ0n) is 23.7. The molecule has 9 heteroatoms. The summed E-state index contributed by atoms with van der Waals surface area (Å²) in [6.07, 6.45) is 0.342. The Kier molecular flexibility index (Phi) is 10.8. The highest BCUT2D eigenvalue weighted by molar-refractivity contribution is 7.92. The molecule has 0 aromatic heterocycles. The van der Waals surface area contributed by atoms with E-state index in [0.29, 0.717) is 29.2 Å². The molecule has 3 aromatic rings. The van der Waals surface area contributed by atoms with E-state index >= 15 is 0 Å². The number of anilines is 1. The maximum atomic E-state index is 14.2. The summed E-state index contributed by atoms with van der Waals surface area (Å²) >= 11 is 6.45. The fourth-order valence-corrected chi connectivity index (χ4v) is 6.08. The Morgan fingerprint density at radius 2 is 1.57 bits per heavy atom. The summed E-state index contributed by atoms with van der Waals surface area (Å²) in [6.45, 7) is 9.56. The molecule has 0 spiro atoms. The van der Waals surface area contributed by atoms with Gasteiger partial charge in [0.25, 0.3) is 10.0 Å². The molecule has 0 bridgehead atoms. The third-order valence-electron chi connectivity index (χ3n) is 6.82. The van der Waals surface area contributed by atoms with Gasteiger partial charge in [0.2, 0.25) is 11.8 Å². The molecule has 0 radical (unpaired) electrons. The normalized spacial score (nSPS) is 12.2. The van der Waals surface area contributed by atoms with Crippen LogP contribution >= 0.6 is 11.6 Å². The zero-order valence-corrected chi connectivity index (χ0v) is 25.3. The molecule has 2 amide bonds. The van der Waals surface area contributed by atoms with Gasteiger partial charge in [0.15, 0.2) is 0 Å². The lowest BCUT2D eigenvalue weighted by atomic mass is 10.1. The van der Waals surface area contributed by atoms with Gasteiger partial charge in [0.1, 0.15) is 12.6 Å². The Labute approximate surface area is 243 Å². The van der Waals surface area contributed by atoms with Crippen molar-refractivity contribution in [2.45, 2.75) is 58.5 Å². The SMILES string of the molecule is CC[C@H](C(=O)NCC(C)C)N(Cc1ccccc1Cl)C(=O)CN(c1cccc(C)c1C)S(=O)(=O)c1ccccc1. The molecule has 214 valence electrons. The highest BCUT2D eigenvalue weighted by atomic mass is 35.5. The molecule has 0 fully saturated rings. The minimum Gasteiger partial charge on any atom is -0.354 e. The Bertz CT molecular complexity index is 1430. The Morgan fingerprint density at radius 1 is 0.925 bits per heavy atom. The van der Waals surface area contributed by atoms with Crippen LogP contribution in [0.5, 0.6) is 0 Å². The Balaban J connectivity index is 2.09. The number of hydrogen-bond acceptors (Lipinski definition) is 4. The average molecular weight is 584 g/mol. The minimum atomic E-state index is -4.12. The van der Waals surface area contributed by atoms with Crippen molar-refractivity contribution in [2.24, 2.45) is 5.92 Å². The number of sulfonamides is 1. The topological polar surface area (TPSA) is 86.8 Å². The van der Waals surface area contributed by atoms with Crippen molar-refractivity contribution >= 4 is 39.1 Å². The molecular weight excluding hydrogens is 546 g/mol. The van der Waals surface area contributed by atoms with Crippen LogP contribution in [0.4, 0.5) is 5.69 Å². The largest absolute Gasteiger partial charge is 0.354 e. The van der Waals surface area contributed by atoms with Gasteiger partial charge in [0.05, 0.1) is 10.6 Å². The van der Waals surface area contributed by atoms with Gasteiger partial charge in [-0.15, -0.1) is 0 Å². The number of amides is 2. The van der Waals surface area contributed by atoms with Crippen LogP contribution in [0.25, 0.3) is 0 Å². The quantitative estimate of drug-likeness (QED) is 0.295. The van der Waals surface area contributed by atoms with Crippen LogP contribution in [0.15, 0.2) is 77.7 Å². The predicted octanol–water partition coefficient (Wildman–Crippen LogP) is 5.73. The molecule has 1 atom stereocenters. The van der Waals surface area contributed by atoms with E-state index in [-0.39, 0.29) is 23.3 Å². The summed E-state index contributed by atoms with van der Waals surface area (Å²) in [5.41, 5.74) is 2.71. The number of hydrogen-bond donors (Lipinski definition) is 1. The summed E-state index contributed by atoms with van der Waals surface area (Å²) < 4.78 is 29.1. The number of carbonyl (C=O) groups is 2. The molecule has 3 aromatic carbocycles. The summed E-state index contributed by atoms with van der Waals surface area (Å²) in [5, 5.41) is 3.39. The second-order valence-corrected chi connectivity index (χ2v) is 12.5. The Hall–Kier alpha value is -3.36. The van der Waals surface area contributed by atoms with Gasteiger partial charge in [-0.1, -0.05) is 80.9 Å². The van der Waals surface area contributed by atoms with Gasteiger partial charge in [-0.05, 0) is 67.1 Å². The van der Waals surface area contributed by atoms with Gasteiger partial charge in [-0.2, -0.15) is 0 Å². The van der Waals surface area contributed by atoms with Crippen molar-refractivity contribution in [3.05, 3.63) is 94.5 Å². The molecule has 0 saturated carbocycles. The van der Waals surface area contributed by atoms with Crippen LogP contribution < -0.4 is 9.62 Å². The van der Waals surface area contributed by atoms with Crippen LogP contribution in [0.1, 0.15) is 43.9 Å². The van der Waals surface area contributed by atoms with Crippen molar-refractivity contribution in [1.82, 2.24) is 10.2 Å². The first kappa shape index (κ1) is 31.2. The van der Waals surface area contributed by atoms with Crippen LogP contribution in [0.3, 0.4) is 0 Å². The number of carbonyl (C=O) groups excluding carboxylic acids is 2. The number of rotatable bonds is 12. The monoisotopic (exact) mass is 583 g/mol. The van der Waals surface area contributed by atoms with E-state index < -0.39 is 28.5 Å². The smallest absolute Gasteiger partial charge is 0.264 e. The van der Waals surface area contributed by atoms with E-state index in [9.17, 15) is 18.0 Å². The highest BCUT2D eigenvalue weighted by Crippen LogP contribution is 2.29. The number of nitrogens with one attached hydrogen (secondary N) is 1. The molecule has 1 N–H and O–H groups in total. The zero-order chi connectivity index (χ0) is 29.4. The summed E-state index contributed by atoms with van der Waals surface area (Å²) in [6, 6.07) is 19.7. The first-order chi connectivity index (χ1) is 19.0. The van der Waals surface area contributed by atoms with Crippen molar-refractivity contribution in [3.63, 3.8) is 0 Å². The molecule has 0 aliphatic carbocycles. The van der Waals surface area contributed by atoms with E-state index in [4.69, 9.17) is 11.6 Å². The van der Waals surface area contributed by atoms with Gasteiger partial charge >= 0.3 is 0 Å². The molecular formula is C31H38ClN3O4S. The van der Waals surface area contributed by atoms with Crippen molar-refractivity contribution in [3.8, 4) is 0 Å². The molecule has 0 unspecified atom stereocenters. The van der Waals surface area contributed by atoms with Crippen LogP contribution in [0, 0.1) is 19.8 Å². The lowest BCUT2D eigenvalue weighted by Crippen LogP contribution is -2.52. The molecule has 0 saturated heterocycles. The average Bonchev–Trinajstić information content (AvgIpc) is 2.93. The van der Waals surface area contributed by atoms with E-state index in [1.807, 2.05) is 46.8 Å². The van der Waals surface area contributed by atoms with Gasteiger partial charge < -0.3 is 10.2 Å². The van der Waals surface area contributed by atoms with Gasteiger partial charge in [0, 0.05) is 18.1 Å². The second-order valence-electron chi connectivity index (χ2n) is 10.2. The second kappa shape index (κ2) is 13.8.